The normalized spacial score (nSPS) is 33.6. The topological polar surface area (TPSA) is 9.23 Å². The summed E-state index contributed by atoms with van der Waals surface area (Å²) in [6, 6.07) is 0. The van der Waals surface area contributed by atoms with Crippen molar-refractivity contribution in [3.63, 3.8) is 0 Å². The quantitative estimate of drug-likeness (QED) is 0.598. The Kier molecular flexibility index (Phi) is 3.28. The third-order valence-corrected chi connectivity index (χ3v) is 2.08. The van der Waals surface area contributed by atoms with Gasteiger partial charge in [-0.2, -0.15) is 0 Å². The van der Waals surface area contributed by atoms with Gasteiger partial charge in [0.2, 0.25) is 0 Å². The SMILES string of the molecule is C[C@H]1CO[C@@H](CC(Cl)Cl)C1. The lowest BCUT2D eigenvalue weighted by Gasteiger charge is -2.08. The highest BCUT2D eigenvalue weighted by atomic mass is 35.5. The molecule has 1 fully saturated rings. The van der Waals surface area contributed by atoms with E-state index >= 15 is 0 Å². The Morgan fingerprint density at radius 3 is 2.70 bits per heavy atom. The minimum atomic E-state index is -0.268. The standard InChI is InChI=1S/C7H12Cl2O/c1-5-2-6(10-4-5)3-7(8)9/h5-7H,2-4H2,1H3/t5-,6-/m1/s1. The number of rotatable bonds is 2. The van der Waals surface area contributed by atoms with Crippen molar-refractivity contribution in [1.82, 2.24) is 0 Å². The van der Waals surface area contributed by atoms with Crippen molar-refractivity contribution in [2.75, 3.05) is 6.61 Å². The van der Waals surface area contributed by atoms with Gasteiger partial charge in [0.25, 0.3) is 0 Å². The molecule has 0 aromatic carbocycles. The van der Waals surface area contributed by atoms with Gasteiger partial charge in [-0.05, 0) is 12.3 Å². The number of alkyl halides is 2. The molecule has 0 saturated carbocycles. The van der Waals surface area contributed by atoms with E-state index in [1.807, 2.05) is 0 Å². The van der Waals surface area contributed by atoms with Crippen molar-refractivity contribution in [3.8, 4) is 0 Å². The van der Waals surface area contributed by atoms with E-state index in [2.05, 4.69) is 6.92 Å². The van der Waals surface area contributed by atoms with Crippen LogP contribution in [0.5, 0.6) is 0 Å². The first-order valence-electron chi connectivity index (χ1n) is 3.58. The predicted molar refractivity (Wildman–Crippen MR) is 43.6 cm³/mol. The number of hydrogen-bond acceptors (Lipinski definition) is 1. The Balaban J connectivity index is 2.18. The van der Waals surface area contributed by atoms with E-state index < -0.39 is 0 Å². The van der Waals surface area contributed by atoms with Gasteiger partial charge in [-0.25, -0.2) is 0 Å². The zero-order chi connectivity index (χ0) is 7.56. The first-order chi connectivity index (χ1) is 4.68. The van der Waals surface area contributed by atoms with E-state index in [0.29, 0.717) is 12.0 Å². The summed E-state index contributed by atoms with van der Waals surface area (Å²) in [5.41, 5.74) is 0. The van der Waals surface area contributed by atoms with Crippen molar-refractivity contribution in [2.45, 2.75) is 30.7 Å². The maximum absolute atomic E-state index is 5.59. The lowest BCUT2D eigenvalue weighted by Crippen LogP contribution is -2.08. The number of hydrogen-bond donors (Lipinski definition) is 0. The van der Waals surface area contributed by atoms with Crippen LogP contribution in [0.2, 0.25) is 0 Å². The minimum Gasteiger partial charge on any atom is -0.378 e. The van der Waals surface area contributed by atoms with Crippen molar-refractivity contribution < 1.29 is 4.74 Å². The summed E-state index contributed by atoms with van der Waals surface area (Å²) in [4.78, 5) is -0.268. The fourth-order valence-corrected chi connectivity index (χ4v) is 1.65. The Bertz CT molecular complexity index is 106. The highest BCUT2D eigenvalue weighted by Crippen LogP contribution is 2.24. The third-order valence-electron chi connectivity index (χ3n) is 1.72. The van der Waals surface area contributed by atoms with Crippen LogP contribution in [0.15, 0.2) is 0 Å². The highest BCUT2D eigenvalue weighted by Gasteiger charge is 2.23. The van der Waals surface area contributed by atoms with Crippen molar-refractivity contribution in [3.05, 3.63) is 0 Å². The summed E-state index contributed by atoms with van der Waals surface area (Å²) in [5, 5.41) is 0. The molecule has 0 N–H and O–H groups in total. The molecule has 0 amide bonds. The van der Waals surface area contributed by atoms with Gasteiger partial charge in [-0.3, -0.25) is 0 Å². The molecule has 0 bridgehead atoms. The van der Waals surface area contributed by atoms with Crippen LogP contribution in [0.25, 0.3) is 0 Å². The van der Waals surface area contributed by atoms with E-state index in [1.54, 1.807) is 0 Å². The zero-order valence-corrected chi connectivity index (χ0v) is 7.53. The van der Waals surface area contributed by atoms with Gasteiger partial charge in [-0.15, -0.1) is 23.2 Å². The van der Waals surface area contributed by atoms with E-state index in [0.717, 1.165) is 19.4 Å². The van der Waals surface area contributed by atoms with Crippen LogP contribution in [0.1, 0.15) is 19.8 Å². The average molecular weight is 183 g/mol. The van der Waals surface area contributed by atoms with Crippen molar-refractivity contribution in [1.29, 1.82) is 0 Å². The lowest BCUT2D eigenvalue weighted by atomic mass is 10.1. The molecule has 0 aromatic heterocycles. The van der Waals surface area contributed by atoms with Gasteiger partial charge in [-0.1, -0.05) is 6.92 Å². The molecule has 0 unspecified atom stereocenters. The molecular formula is C7H12Cl2O. The summed E-state index contributed by atoms with van der Waals surface area (Å²) in [7, 11) is 0. The largest absolute Gasteiger partial charge is 0.378 e. The molecule has 1 rings (SSSR count). The minimum absolute atomic E-state index is 0.268. The van der Waals surface area contributed by atoms with Gasteiger partial charge >= 0.3 is 0 Å². The van der Waals surface area contributed by atoms with Crippen molar-refractivity contribution in [2.24, 2.45) is 5.92 Å². The van der Waals surface area contributed by atoms with Gasteiger partial charge in [0.1, 0.15) is 4.84 Å². The van der Waals surface area contributed by atoms with Crippen LogP contribution < -0.4 is 0 Å². The maximum atomic E-state index is 5.59. The second-order valence-electron chi connectivity index (χ2n) is 2.92. The van der Waals surface area contributed by atoms with Crippen LogP contribution in [-0.4, -0.2) is 17.5 Å². The fraction of sp³-hybridized carbons (Fsp3) is 1.00. The summed E-state index contributed by atoms with van der Waals surface area (Å²) in [5.74, 6) is 0.678. The molecule has 1 saturated heterocycles. The van der Waals surface area contributed by atoms with E-state index in [9.17, 15) is 0 Å². The molecule has 0 spiro atoms. The second-order valence-corrected chi connectivity index (χ2v) is 4.20. The number of halogens is 2. The average Bonchev–Trinajstić information content (AvgIpc) is 2.13. The molecular weight excluding hydrogens is 171 g/mol. The lowest BCUT2D eigenvalue weighted by molar-refractivity contribution is 0.104. The molecule has 2 atom stereocenters. The van der Waals surface area contributed by atoms with Crippen LogP contribution >= 0.6 is 23.2 Å². The Morgan fingerprint density at radius 1 is 1.60 bits per heavy atom. The maximum Gasteiger partial charge on any atom is 0.110 e. The number of ether oxygens (including phenoxy) is 1. The molecule has 1 nitrogen and oxygen atoms in total. The molecule has 1 heterocycles. The first-order valence-corrected chi connectivity index (χ1v) is 4.45. The monoisotopic (exact) mass is 182 g/mol. The first kappa shape index (κ1) is 8.63. The molecule has 0 aliphatic carbocycles. The molecule has 3 heteroatoms. The van der Waals surface area contributed by atoms with E-state index in [1.165, 1.54) is 0 Å². The second kappa shape index (κ2) is 3.80. The summed E-state index contributed by atoms with van der Waals surface area (Å²) < 4.78 is 5.41. The Labute approximate surface area is 71.6 Å². The van der Waals surface area contributed by atoms with Gasteiger partial charge in [0, 0.05) is 13.0 Å². The van der Waals surface area contributed by atoms with Crippen LogP contribution in [0.4, 0.5) is 0 Å². The third kappa shape index (κ3) is 2.65. The Morgan fingerprint density at radius 2 is 2.30 bits per heavy atom. The van der Waals surface area contributed by atoms with Crippen molar-refractivity contribution >= 4 is 23.2 Å². The molecule has 1 aliphatic rings. The van der Waals surface area contributed by atoms with E-state index in [4.69, 9.17) is 27.9 Å². The Hall–Kier alpha value is 0.540. The van der Waals surface area contributed by atoms with E-state index in [-0.39, 0.29) is 4.84 Å². The van der Waals surface area contributed by atoms with Gasteiger partial charge in [0.05, 0.1) is 6.10 Å². The molecule has 0 aromatic rings. The summed E-state index contributed by atoms with van der Waals surface area (Å²) in [6.07, 6.45) is 2.18. The smallest absolute Gasteiger partial charge is 0.110 e. The molecule has 10 heavy (non-hydrogen) atoms. The highest BCUT2D eigenvalue weighted by molar-refractivity contribution is 6.44. The van der Waals surface area contributed by atoms with Crippen LogP contribution in [0, 0.1) is 5.92 Å². The van der Waals surface area contributed by atoms with Gasteiger partial charge in [0.15, 0.2) is 0 Å². The zero-order valence-electron chi connectivity index (χ0n) is 6.02. The molecule has 60 valence electrons. The van der Waals surface area contributed by atoms with Crippen LogP contribution in [0.3, 0.4) is 0 Å². The van der Waals surface area contributed by atoms with Gasteiger partial charge < -0.3 is 4.74 Å². The predicted octanol–water partition coefficient (Wildman–Crippen LogP) is 2.61. The molecule has 1 aliphatic heterocycles. The summed E-state index contributed by atoms with van der Waals surface area (Å²) >= 11 is 11.2. The fourth-order valence-electron chi connectivity index (χ4n) is 1.25. The van der Waals surface area contributed by atoms with Crippen LogP contribution in [-0.2, 0) is 4.74 Å². The molecule has 0 radical (unpaired) electrons. The summed E-state index contributed by atoms with van der Waals surface area (Å²) in [6.45, 7) is 3.04.